The number of anilines is 2. The number of benzene rings is 1. The van der Waals surface area contributed by atoms with Gasteiger partial charge >= 0.3 is 0 Å². The van der Waals surface area contributed by atoms with Crippen LogP contribution in [0.2, 0.25) is 0 Å². The number of hydrogen-bond donors (Lipinski definition) is 2. The zero-order chi connectivity index (χ0) is 13.5. The fourth-order valence-corrected chi connectivity index (χ4v) is 3.01. The molecule has 0 spiro atoms. The summed E-state index contributed by atoms with van der Waals surface area (Å²) in [5.41, 5.74) is 8.22. The van der Waals surface area contributed by atoms with Gasteiger partial charge in [0.15, 0.2) is 11.5 Å². The minimum Gasteiger partial charge on any atom is -0.486 e. The van der Waals surface area contributed by atoms with E-state index in [0.29, 0.717) is 24.7 Å². The molecule has 19 heavy (non-hydrogen) atoms. The lowest BCUT2D eigenvalue weighted by atomic mass is 9.92. The summed E-state index contributed by atoms with van der Waals surface area (Å²) in [6, 6.07) is 4.33. The molecule has 0 aromatic heterocycles. The molecule has 1 aromatic carbocycles. The van der Waals surface area contributed by atoms with Gasteiger partial charge in [-0.25, -0.2) is 0 Å². The molecule has 3 N–H and O–H groups in total. The van der Waals surface area contributed by atoms with Crippen molar-refractivity contribution in [2.75, 3.05) is 24.3 Å². The van der Waals surface area contributed by atoms with Gasteiger partial charge in [0.2, 0.25) is 0 Å². The van der Waals surface area contributed by atoms with Crippen LogP contribution in [0.15, 0.2) is 12.1 Å². The smallest absolute Gasteiger partial charge is 0.163 e. The minimum atomic E-state index is 0.431. The van der Waals surface area contributed by atoms with Gasteiger partial charge in [-0.15, -0.1) is 0 Å². The Bertz CT molecular complexity index is 485. The predicted octanol–water partition coefficient (Wildman–Crippen LogP) is 3.03. The van der Waals surface area contributed by atoms with Gasteiger partial charge in [0.05, 0.1) is 11.4 Å². The molecule has 0 saturated heterocycles. The lowest BCUT2D eigenvalue weighted by Crippen LogP contribution is -2.20. The third-order valence-electron chi connectivity index (χ3n) is 4.04. The summed E-state index contributed by atoms with van der Waals surface area (Å²) in [6.07, 6.45) is 3.64. The average Bonchev–Trinajstić information content (AvgIpc) is 2.70. The summed E-state index contributed by atoms with van der Waals surface area (Å²) in [7, 11) is 0. The standard InChI is InChI=1S/C15H22N2O2/c1-15(2)4-3-10(9-15)17-12-8-14-13(7-11(12)16)18-5-6-19-14/h7-8,10,17H,3-6,9,16H2,1-2H3. The molecule has 4 nitrogen and oxygen atoms in total. The van der Waals surface area contributed by atoms with Crippen LogP contribution in [0.1, 0.15) is 33.1 Å². The Balaban J connectivity index is 1.78. The van der Waals surface area contributed by atoms with E-state index >= 15 is 0 Å². The Morgan fingerprint density at radius 1 is 1.21 bits per heavy atom. The summed E-state index contributed by atoms with van der Waals surface area (Å²) in [4.78, 5) is 0. The third kappa shape index (κ3) is 2.57. The minimum absolute atomic E-state index is 0.431. The van der Waals surface area contributed by atoms with Gasteiger partial charge in [0.1, 0.15) is 13.2 Å². The van der Waals surface area contributed by atoms with Gasteiger partial charge in [-0.2, -0.15) is 0 Å². The van der Waals surface area contributed by atoms with Gasteiger partial charge in [-0.3, -0.25) is 0 Å². The Labute approximate surface area is 114 Å². The molecule has 1 fully saturated rings. The molecule has 4 heteroatoms. The van der Waals surface area contributed by atoms with Gasteiger partial charge in [-0.1, -0.05) is 13.8 Å². The largest absolute Gasteiger partial charge is 0.486 e. The summed E-state index contributed by atoms with van der Waals surface area (Å²) >= 11 is 0. The molecule has 1 atom stereocenters. The maximum Gasteiger partial charge on any atom is 0.163 e. The van der Waals surface area contributed by atoms with Crippen molar-refractivity contribution in [2.24, 2.45) is 5.41 Å². The normalized spacial score (nSPS) is 24.2. The Morgan fingerprint density at radius 3 is 2.53 bits per heavy atom. The van der Waals surface area contributed by atoms with Crippen molar-refractivity contribution in [1.29, 1.82) is 0 Å². The first-order chi connectivity index (χ1) is 9.03. The molecule has 3 rings (SSSR count). The number of rotatable bonds is 2. The van der Waals surface area contributed by atoms with Crippen molar-refractivity contribution in [3.63, 3.8) is 0 Å². The van der Waals surface area contributed by atoms with Crippen LogP contribution in [-0.2, 0) is 0 Å². The molecular weight excluding hydrogens is 240 g/mol. The highest BCUT2D eigenvalue weighted by atomic mass is 16.6. The van der Waals surface area contributed by atoms with Crippen LogP contribution in [0.5, 0.6) is 11.5 Å². The molecule has 104 valence electrons. The molecule has 0 radical (unpaired) electrons. The quantitative estimate of drug-likeness (QED) is 0.804. The van der Waals surface area contributed by atoms with Crippen molar-refractivity contribution >= 4 is 11.4 Å². The van der Waals surface area contributed by atoms with Crippen LogP contribution >= 0.6 is 0 Å². The Hall–Kier alpha value is -1.58. The third-order valence-corrected chi connectivity index (χ3v) is 4.04. The number of hydrogen-bond acceptors (Lipinski definition) is 4. The molecule has 0 bridgehead atoms. The fraction of sp³-hybridized carbons (Fsp3) is 0.600. The van der Waals surface area contributed by atoms with Gasteiger partial charge < -0.3 is 20.5 Å². The molecule has 2 aliphatic rings. The summed E-state index contributed by atoms with van der Waals surface area (Å²) < 4.78 is 11.1. The van der Waals surface area contributed by atoms with Crippen LogP contribution in [0.3, 0.4) is 0 Å². The molecule has 0 amide bonds. The monoisotopic (exact) mass is 262 g/mol. The summed E-state index contributed by atoms with van der Waals surface area (Å²) in [6.45, 7) is 5.84. The van der Waals surface area contributed by atoms with E-state index in [1.807, 2.05) is 12.1 Å². The Morgan fingerprint density at radius 2 is 1.89 bits per heavy atom. The van der Waals surface area contributed by atoms with Crippen molar-refractivity contribution in [3.05, 3.63) is 12.1 Å². The van der Waals surface area contributed by atoms with E-state index in [1.165, 1.54) is 19.3 Å². The molecule has 1 aromatic rings. The lowest BCUT2D eigenvalue weighted by molar-refractivity contribution is 0.172. The number of fused-ring (bicyclic) bond motifs is 1. The molecule has 1 unspecified atom stereocenters. The van der Waals surface area contributed by atoms with E-state index in [1.54, 1.807) is 0 Å². The lowest BCUT2D eigenvalue weighted by Gasteiger charge is -2.23. The Kier molecular flexibility index (Phi) is 2.96. The first kappa shape index (κ1) is 12.5. The molecule has 1 aliphatic heterocycles. The summed E-state index contributed by atoms with van der Waals surface area (Å²) in [5, 5.41) is 3.55. The highest BCUT2D eigenvalue weighted by Crippen LogP contribution is 2.41. The van der Waals surface area contributed by atoms with Crippen LogP contribution in [-0.4, -0.2) is 19.3 Å². The van der Waals surface area contributed by atoms with Crippen molar-refractivity contribution in [3.8, 4) is 11.5 Å². The highest BCUT2D eigenvalue weighted by molar-refractivity contribution is 5.72. The van der Waals surface area contributed by atoms with E-state index in [4.69, 9.17) is 15.2 Å². The van der Waals surface area contributed by atoms with Gasteiger partial charge in [0, 0.05) is 18.2 Å². The molecule has 1 heterocycles. The van der Waals surface area contributed by atoms with E-state index in [9.17, 15) is 0 Å². The maximum absolute atomic E-state index is 6.09. The second-order valence-electron chi connectivity index (χ2n) is 6.33. The van der Waals surface area contributed by atoms with E-state index < -0.39 is 0 Å². The average molecular weight is 262 g/mol. The zero-order valence-corrected chi connectivity index (χ0v) is 11.7. The molecule has 1 saturated carbocycles. The van der Waals surface area contributed by atoms with Crippen LogP contribution in [0, 0.1) is 5.41 Å². The van der Waals surface area contributed by atoms with E-state index in [-0.39, 0.29) is 0 Å². The number of nitrogen functional groups attached to an aromatic ring is 1. The SMILES string of the molecule is CC1(C)CCC(Nc2cc3c(cc2N)OCCO3)C1. The molecule has 1 aliphatic carbocycles. The second-order valence-corrected chi connectivity index (χ2v) is 6.33. The van der Waals surface area contributed by atoms with Gasteiger partial charge in [-0.05, 0) is 24.7 Å². The second kappa shape index (κ2) is 4.51. The topological polar surface area (TPSA) is 56.5 Å². The number of nitrogens with two attached hydrogens (primary N) is 1. The maximum atomic E-state index is 6.09. The van der Waals surface area contributed by atoms with Crippen molar-refractivity contribution in [2.45, 2.75) is 39.2 Å². The summed E-state index contributed by atoms with van der Waals surface area (Å²) in [5.74, 6) is 1.54. The van der Waals surface area contributed by atoms with Crippen molar-refractivity contribution in [1.82, 2.24) is 0 Å². The first-order valence-electron chi connectivity index (χ1n) is 6.99. The van der Waals surface area contributed by atoms with Crippen molar-refractivity contribution < 1.29 is 9.47 Å². The zero-order valence-electron chi connectivity index (χ0n) is 11.7. The molecular formula is C15H22N2O2. The van der Waals surface area contributed by atoms with E-state index in [0.717, 1.165) is 22.9 Å². The van der Waals surface area contributed by atoms with Crippen LogP contribution in [0.25, 0.3) is 0 Å². The highest BCUT2D eigenvalue weighted by Gasteiger charge is 2.31. The number of nitrogens with one attached hydrogen (secondary N) is 1. The van der Waals surface area contributed by atoms with E-state index in [2.05, 4.69) is 19.2 Å². The first-order valence-corrected chi connectivity index (χ1v) is 6.99. The fourth-order valence-electron chi connectivity index (χ4n) is 3.01. The predicted molar refractivity (Wildman–Crippen MR) is 76.9 cm³/mol. The number of ether oxygens (including phenoxy) is 2. The van der Waals surface area contributed by atoms with Gasteiger partial charge in [0.25, 0.3) is 0 Å². The van der Waals surface area contributed by atoms with Crippen LogP contribution in [0.4, 0.5) is 11.4 Å². The van der Waals surface area contributed by atoms with Crippen LogP contribution < -0.4 is 20.5 Å².